The van der Waals surface area contributed by atoms with Crippen LogP contribution in [0.2, 0.25) is 0 Å². The van der Waals surface area contributed by atoms with Crippen molar-refractivity contribution in [1.29, 1.82) is 0 Å². The first-order valence-electron chi connectivity index (χ1n) is 5.76. The maximum atomic E-state index is 13.4. The number of fused-ring (bicyclic) bond motifs is 1. The Hall–Kier alpha value is -1.86. The smallest absolute Gasteiger partial charge is 0.250 e. The summed E-state index contributed by atoms with van der Waals surface area (Å²) in [4.78, 5) is 7.82. The van der Waals surface area contributed by atoms with Crippen molar-refractivity contribution in [1.82, 2.24) is 25.0 Å². The third kappa shape index (κ3) is 1.77. The highest BCUT2D eigenvalue weighted by atomic mass is 19.3. The molecule has 8 heteroatoms. The number of nitrogens with two attached hydrogens (primary N) is 1. The van der Waals surface area contributed by atoms with Gasteiger partial charge in [-0.25, -0.2) is 23.4 Å². The molecule has 2 aromatic heterocycles. The highest BCUT2D eigenvalue weighted by Gasteiger charge is 2.38. The van der Waals surface area contributed by atoms with Gasteiger partial charge in [-0.15, -0.1) is 5.10 Å². The molecule has 1 unspecified atom stereocenters. The van der Waals surface area contributed by atoms with Gasteiger partial charge in [0.1, 0.15) is 6.33 Å². The van der Waals surface area contributed by atoms with E-state index in [1.165, 1.54) is 11.0 Å². The number of aromatic nitrogens is 5. The SMILES string of the molecule is Nc1ncnc2c1nnn2C1CCCC(F)(F)C1. The summed E-state index contributed by atoms with van der Waals surface area (Å²) in [5.74, 6) is -2.42. The van der Waals surface area contributed by atoms with Gasteiger partial charge in [0.2, 0.25) is 5.92 Å². The van der Waals surface area contributed by atoms with E-state index in [0.717, 1.165) is 0 Å². The summed E-state index contributed by atoms with van der Waals surface area (Å²) in [6, 6.07) is -0.381. The summed E-state index contributed by atoms with van der Waals surface area (Å²) >= 11 is 0. The second-order valence-corrected chi connectivity index (χ2v) is 4.57. The zero-order valence-electron chi connectivity index (χ0n) is 9.55. The van der Waals surface area contributed by atoms with E-state index in [1.807, 2.05) is 0 Å². The molecule has 6 nitrogen and oxygen atoms in total. The maximum Gasteiger partial charge on any atom is 0.250 e. The average molecular weight is 254 g/mol. The first-order valence-corrected chi connectivity index (χ1v) is 5.76. The quantitative estimate of drug-likeness (QED) is 0.834. The molecular weight excluding hydrogens is 242 g/mol. The number of anilines is 1. The van der Waals surface area contributed by atoms with Crippen molar-refractivity contribution in [3.05, 3.63) is 6.33 Å². The van der Waals surface area contributed by atoms with Gasteiger partial charge in [0, 0.05) is 12.8 Å². The Kier molecular flexibility index (Phi) is 2.39. The largest absolute Gasteiger partial charge is 0.382 e. The van der Waals surface area contributed by atoms with Crippen molar-refractivity contribution < 1.29 is 8.78 Å². The third-order valence-corrected chi connectivity index (χ3v) is 3.25. The lowest BCUT2D eigenvalue weighted by Crippen LogP contribution is -2.28. The van der Waals surface area contributed by atoms with Gasteiger partial charge in [0.15, 0.2) is 17.0 Å². The van der Waals surface area contributed by atoms with Crippen LogP contribution in [-0.4, -0.2) is 30.9 Å². The number of halogens is 2. The van der Waals surface area contributed by atoms with Crippen LogP contribution in [0.3, 0.4) is 0 Å². The molecule has 96 valence electrons. The molecular formula is C10H12F2N6. The predicted molar refractivity (Wildman–Crippen MR) is 60.0 cm³/mol. The minimum atomic E-state index is -2.64. The average Bonchev–Trinajstić information content (AvgIpc) is 2.73. The molecule has 0 aliphatic heterocycles. The molecule has 1 fully saturated rings. The molecule has 0 radical (unpaired) electrons. The van der Waals surface area contributed by atoms with Crippen LogP contribution in [0.1, 0.15) is 31.7 Å². The summed E-state index contributed by atoms with van der Waals surface area (Å²) in [5.41, 5.74) is 6.43. The summed E-state index contributed by atoms with van der Waals surface area (Å²) in [6.07, 6.45) is 2.12. The Morgan fingerprint density at radius 2 is 2.22 bits per heavy atom. The Labute approximate surface area is 101 Å². The summed E-state index contributed by atoms with van der Waals surface area (Å²) < 4.78 is 28.3. The van der Waals surface area contributed by atoms with Crippen molar-refractivity contribution in [2.75, 3.05) is 5.73 Å². The second-order valence-electron chi connectivity index (χ2n) is 4.57. The Bertz CT molecular complexity index is 581. The maximum absolute atomic E-state index is 13.4. The highest BCUT2D eigenvalue weighted by Crippen LogP contribution is 2.39. The number of nitrogen functional groups attached to an aromatic ring is 1. The van der Waals surface area contributed by atoms with E-state index in [2.05, 4.69) is 20.3 Å². The second kappa shape index (κ2) is 3.82. The van der Waals surface area contributed by atoms with Gasteiger partial charge < -0.3 is 5.73 Å². The molecule has 0 spiro atoms. The van der Waals surface area contributed by atoms with Crippen molar-refractivity contribution in [3.63, 3.8) is 0 Å². The van der Waals surface area contributed by atoms with Crippen LogP contribution >= 0.6 is 0 Å². The van der Waals surface area contributed by atoms with Crippen molar-refractivity contribution in [2.45, 2.75) is 37.6 Å². The fourth-order valence-corrected chi connectivity index (χ4v) is 2.38. The molecule has 1 atom stereocenters. The molecule has 0 aromatic carbocycles. The minimum absolute atomic E-state index is 0.0622. The van der Waals surface area contributed by atoms with Crippen LogP contribution in [0.4, 0.5) is 14.6 Å². The van der Waals surface area contributed by atoms with E-state index < -0.39 is 5.92 Å². The van der Waals surface area contributed by atoms with Crippen molar-refractivity contribution in [3.8, 4) is 0 Å². The van der Waals surface area contributed by atoms with E-state index in [0.29, 0.717) is 24.0 Å². The van der Waals surface area contributed by atoms with Crippen LogP contribution in [0.25, 0.3) is 11.2 Å². The number of alkyl halides is 2. The van der Waals surface area contributed by atoms with E-state index in [1.54, 1.807) is 0 Å². The van der Waals surface area contributed by atoms with Crippen molar-refractivity contribution >= 4 is 17.0 Å². The Morgan fingerprint density at radius 1 is 1.39 bits per heavy atom. The molecule has 1 aliphatic rings. The van der Waals surface area contributed by atoms with E-state index in [-0.39, 0.29) is 24.7 Å². The monoisotopic (exact) mass is 254 g/mol. The molecule has 18 heavy (non-hydrogen) atoms. The van der Waals surface area contributed by atoms with Crippen molar-refractivity contribution in [2.24, 2.45) is 0 Å². The number of hydrogen-bond donors (Lipinski definition) is 1. The van der Waals surface area contributed by atoms with Crippen LogP contribution in [0.5, 0.6) is 0 Å². The zero-order chi connectivity index (χ0) is 12.8. The molecule has 2 heterocycles. The van der Waals surface area contributed by atoms with E-state index in [9.17, 15) is 8.78 Å². The fraction of sp³-hybridized carbons (Fsp3) is 0.600. The lowest BCUT2D eigenvalue weighted by Gasteiger charge is -2.28. The Balaban J connectivity index is 2.02. The number of hydrogen-bond acceptors (Lipinski definition) is 5. The Morgan fingerprint density at radius 3 is 3.00 bits per heavy atom. The van der Waals surface area contributed by atoms with Crippen LogP contribution in [-0.2, 0) is 0 Å². The topological polar surface area (TPSA) is 82.5 Å². The number of nitrogens with zero attached hydrogens (tertiary/aromatic N) is 5. The molecule has 0 saturated heterocycles. The van der Waals surface area contributed by atoms with Gasteiger partial charge >= 0.3 is 0 Å². The molecule has 3 rings (SSSR count). The first-order chi connectivity index (χ1) is 8.57. The lowest BCUT2D eigenvalue weighted by molar-refractivity contribution is -0.0508. The van der Waals surface area contributed by atoms with Gasteiger partial charge in [0.25, 0.3) is 0 Å². The van der Waals surface area contributed by atoms with E-state index in [4.69, 9.17) is 5.73 Å². The van der Waals surface area contributed by atoms with Crippen LogP contribution < -0.4 is 5.73 Å². The standard InChI is InChI=1S/C10H12F2N6/c11-10(12)3-1-2-6(4-10)18-9-7(16-17-18)8(13)14-5-15-9/h5-6H,1-4H2,(H2,13,14,15). The van der Waals surface area contributed by atoms with E-state index >= 15 is 0 Å². The van der Waals surface area contributed by atoms with Crippen LogP contribution in [0.15, 0.2) is 6.33 Å². The van der Waals surface area contributed by atoms with Gasteiger partial charge in [-0.05, 0) is 12.8 Å². The highest BCUT2D eigenvalue weighted by molar-refractivity contribution is 5.80. The zero-order valence-corrected chi connectivity index (χ0v) is 9.55. The molecule has 0 bridgehead atoms. The summed E-state index contributed by atoms with van der Waals surface area (Å²) in [6.45, 7) is 0. The first kappa shape index (κ1) is 11.2. The molecule has 2 N–H and O–H groups in total. The predicted octanol–water partition coefficient (Wildman–Crippen LogP) is 1.55. The molecule has 1 aliphatic carbocycles. The lowest BCUT2D eigenvalue weighted by atomic mass is 9.92. The normalized spacial score (nSPS) is 23.3. The van der Waals surface area contributed by atoms with Gasteiger partial charge in [-0.2, -0.15) is 0 Å². The summed E-state index contributed by atoms with van der Waals surface area (Å²) in [7, 11) is 0. The number of rotatable bonds is 1. The fourth-order valence-electron chi connectivity index (χ4n) is 2.38. The van der Waals surface area contributed by atoms with Gasteiger partial charge in [-0.1, -0.05) is 5.21 Å². The third-order valence-electron chi connectivity index (χ3n) is 3.25. The molecule has 2 aromatic rings. The molecule has 1 saturated carbocycles. The van der Waals surface area contributed by atoms with Crippen LogP contribution in [0, 0.1) is 0 Å². The van der Waals surface area contributed by atoms with Gasteiger partial charge in [-0.3, -0.25) is 0 Å². The summed E-state index contributed by atoms with van der Waals surface area (Å²) in [5, 5.41) is 7.76. The molecule has 0 amide bonds. The van der Waals surface area contributed by atoms with Gasteiger partial charge in [0.05, 0.1) is 6.04 Å². The minimum Gasteiger partial charge on any atom is -0.382 e.